The summed E-state index contributed by atoms with van der Waals surface area (Å²) in [4.78, 5) is 52.8. The second-order valence-corrected chi connectivity index (χ2v) is 10.8. The molecule has 3 atom stereocenters. The number of hydrogen-bond donors (Lipinski definition) is 0. The molecule has 3 unspecified atom stereocenters. The molecule has 8 nitrogen and oxygen atoms in total. The first-order chi connectivity index (χ1) is 20.8. The smallest absolute Gasteiger partial charge is 0.335 e. The van der Waals surface area contributed by atoms with Gasteiger partial charge in [0.25, 0.3) is 0 Å². The van der Waals surface area contributed by atoms with E-state index in [4.69, 9.17) is 18.9 Å². The highest BCUT2D eigenvalue weighted by atomic mass is 16.5. The van der Waals surface area contributed by atoms with Crippen molar-refractivity contribution in [1.29, 1.82) is 0 Å². The molecule has 4 aliphatic carbocycles. The average Bonchev–Trinajstić information content (AvgIpc) is 3.05. The van der Waals surface area contributed by atoms with Crippen LogP contribution in [-0.2, 0) is 44.5 Å². The van der Waals surface area contributed by atoms with Crippen molar-refractivity contribution < 1.29 is 38.1 Å². The Kier molecular flexibility index (Phi) is 7.00. The highest BCUT2D eigenvalue weighted by Gasteiger charge is 2.49. The summed E-state index contributed by atoms with van der Waals surface area (Å²) in [6.07, 6.45) is 0.571. The standard InChI is InChI=1S/C35H30O8/c1-17(32(36)40-2)26(33(37)41-3)27-20-11-7-6-10-18(20)14-19-15-24-25(16-23(19)27)29-22-13-9-8-12-21(22)28(24)30(34(38)42-4)31(29)35(39)43-5/h6-13,15-16,27-29H,14H2,1-5H3/b26-17-. The van der Waals surface area contributed by atoms with Crippen molar-refractivity contribution in [2.75, 3.05) is 28.4 Å². The Morgan fingerprint density at radius 3 is 1.63 bits per heavy atom. The van der Waals surface area contributed by atoms with Gasteiger partial charge in [-0.25, -0.2) is 19.2 Å². The minimum Gasteiger partial charge on any atom is -0.466 e. The van der Waals surface area contributed by atoms with Crippen molar-refractivity contribution in [2.24, 2.45) is 0 Å². The maximum absolute atomic E-state index is 13.4. The van der Waals surface area contributed by atoms with E-state index in [1.165, 1.54) is 28.4 Å². The lowest BCUT2D eigenvalue weighted by Gasteiger charge is -2.43. The summed E-state index contributed by atoms with van der Waals surface area (Å²) in [5.41, 5.74) is 8.03. The van der Waals surface area contributed by atoms with E-state index in [2.05, 4.69) is 6.07 Å². The Morgan fingerprint density at radius 1 is 0.581 bits per heavy atom. The first-order valence-electron chi connectivity index (χ1n) is 13.9. The second-order valence-electron chi connectivity index (χ2n) is 10.8. The summed E-state index contributed by atoms with van der Waals surface area (Å²) in [6.45, 7) is 1.56. The fraction of sp³-hybridized carbons (Fsp3) is 0.257. The van der Waals surface area contributed by atoms with E-state index in [9.17, 15) is 19.2 Å². The second kappa shape index (κ2) is 10.7. The number of hydrogen-bond acceptors (Lipinski definition) is 8. The summed E-state index contributed by atoms with van der Waals surface area (Å²) in [5.74, 6) is -4.25. The van der Waals surface area contributed by atoms with Crippen molar-refractivity contribution >= 4 is 23.9 Å². The zero-order valence-corrected chi connectivity index (χ0v) is 24.5. The van der Waals surface area contributed by atoms with Gasteiger partial charge in [0.05, 0.1) is 45.2 Å². The predicted molar refractivity (Wildman–Crippen MR) is 155 cm³/mol. The molecule has 0 fully saturated rings. The third-order valence-electron chi connectivity index (χ3n) is 8.91. The molecule has 0 N–H and O–H groups in total. The third-order valence-corrected chi connectivity index (χ3v) is 8.91. The van der Waals surface area contributed by atoms with Gasteiger partial charge in [-0.3, -0.25) is 0 Å². The fourth-order valence-corrected chi connectivity index (χ4v) is 7.12. The Bertz CT molecular complexity index is 1790. The summed E-state index contributed by atoms with van der Waals surface area (Å²) >= 11 is 0. The largest absolute Gasteiger partial charge is 0.466 e. The number of methoxy groups -OCH3 is 4. The fourth-order valence-electron chi connectivity index (χ4n) is 7.12. The van der Waals surface area contributed by atoms with Crippen molar-refractivity contribution in [3.05, 3.63) is 127 Å². The minimum absolute atomic E-state index is 0.148. The molecule has 2 bridgehead atoms. The molecule has 0 aromatic heterocycles. The predicted octanol–water partition coefficient (Wildman–Crippen LogP) is 4.62. The highest BCUT2D eigenvalue weighted by Crippen LogP contribution is 2.58. The number of esters is 4. The van der Waals surface area contributed by atoms with Gasteiger partial charge in [-0.05, 0) is 57.9 Å². The van der Waals surface area contributed by atoms with Gasteiger partial charge in [0, 0.05) is 23.3 Å². The number of carbonyl (C=O) groups excluding carboxylic acids is 4. The summed E-state index contributed by atoms with van der Waals surface area (Å²) in [6, 6.07) is 19.6. The van der Waals surface area contributed by atoms with Gasteiger partial charge in [0.15, 0.2) is 0 Å². The van der Waals surface area contributed by atoms with Gasteiger partial charge in [-0.1, -0.05) is 60.7 Å². The summed E-state index contributed by atoms with van der Waals surface area (Å²) < 4.78 is 20.6. The zero-order chi connectivity index (χ0) is 30.6. The quantitative estimate of drug-likeness (QED) is 0.246. The van der Waals surface area contributed by atoms with Crippen LogP contribution in [0.2, 0.25) is 0 Å². The van der Waals surface area contributed by atoms with Crippen molar-refractivity contribution in [3.8, 4) is 0 Å². The van der Waals surface area contributed by atoms with Gasteiger partial charge in [-0.2, -0.15) is 0 Å². The Morgan fingerprint density at radius 2 is 1.09 bits per heavy atom. The Hall–Kier alpha value is -4.98. The first kappa shape index (κ1) is 28.2. The molecule has 0 saturated carbocycles. The van der Waals surface area contributed by atoms with Crippen LogP contribution in [0.5, 0.6) is 0 Å². The number of fused-ring (bicyclic) bond motifs is 2. The zero-order valence-electron chi connectivity index (χ0n) is 24.5. The molecule has 0 spiro atoms. The van der Waals surface area contributed by atoms with Crippen molar-refractivity contribution in [3.63, 3.8) is 0 Å². The first-order valence-corrected chi connectivity index (χ1v) is 13.9. The van der Waals surface area contributed by atoms with Crippen LogP contribution in [0.15, 0.2) is 83.0 Å². The molecule has 0 amide bonds. The molecule has 0 radical (unpaired) electrons. The van der Waals surface area contributed by atoms with E-state index in [0.29, 0.717) is 6.42 Å². The van der Waals surface area contributed by atoms with Gasteiger partial charge in [-0.15, -0.1) is 0 Å². The van der Waals surface area contributed by atoms with Crippen LogP contribution in [0, 0.1) is 0 Å². The van der Waals surface area contributed by atoms with Crippen molar-refractivity contribution in [1.82, 2.24) is 0 Å². The Labute approximate surface area is 248 Å². The maximum Gasteiger partial charge on any atom is 0.335 e. The molecule has 0 saturated heterocycles. The van der Waals surface area contributed by atoms with Crippen LogP contribution in [0.25, 0.3) is 0 Å². The van der Waals surface area contributed by atoms with Crippen LogP contribution in [-0.4, -0.2) is 52.3 Å². The lowest BCUT2D eigenvalue weighted by atomic mass is 9.59. The van der Waals surface area contributed by atoms with Gasteiger partial charge < -0.3 is 18.9 Å². The molecular weight excluding hydrogens is 548 g/mol. The molecule has 0 heterocycles. The molecular formula is C35H30O8. The third kappa shape index (κ3) is 4.12. The topological polar surface area (TPSA) is 105 Å². The number of benzene rings is 3. The minimum atomic E-state index is -0.641. The van der Waals surface area contributed by atoms with Crippen LogP contribution in [0.4, 0.5) is 0 Å². The molecule has 4 aliphatic rings. The van der Waals surface area contributed by atoms with Gasteiger partial charge in [0.2, 0.25) is 0 Å². The monoisotopic (exact) mass is 578 g/mol. The van der Waals surface area contributed by atoms with E-state index in [0.717, 1.165) is 44.5 Å². The van der Waals surface area contributed by atoms with E-state index in [-0.39, 0.29) is 22.3 Å². The highest BCUT2D eigenvalue weighted by molar-refractivity contribution is 6.06. The molecule has 43 heavy (non-hydrogen) atoms. The van der Waals surface area contributed by atoms with Gasteiger partial charge >= 0.3 is 23.9 Å². The molecule has 218 valence electrons. The van der Waals surface area contributed by atoms with Crippen LogP contribution < -0.4 is 0 Å². The summed E-state index contributed by atoms with van der Waals surface area (Å²) in [7, 11) is 5.15. The number of rotatable bonds is 5. The van der Waals surface area contributed by atoms with Crippen molar-refractivity contribution in [2.45, 2.75) is 31.1 Å². The number of carbonyl (C=O) groups is 4. The number of ether oxygens (including phenoxy) is 4. The normalized spacial score (nSPS) is 19.6. The van der Waals surface area contributed by atoms with Gasteiger partial charge in [0.1, 0.15) is 0 Å². The van der Waals surface area contributed by atoms with E-state index >= 15 is 0 Å². The molecule has 3 aromatic rings. The van der Waals surface area contributed by atoms with E-state index < -0.39 is 41.6 Å². The van der Waals surface area contributed by atoms with E-state index in [1.54, 1.807) is 6.92 Å². The van der Waals surface area contributed by atoms with Crippen LogP contribution in [0.3, 0.4) is 0 Å². The molecule has 7 rings (SSSR count). The SMILES string of the molecule is COC(=O)C1=C(C(=O)OC)C2c3ccccc3C1c1cc3c(cc12)C(/C(C(=O)OC)=C(\C)C(=O)OC)c1ccccc1C3. The Balaban J connectivity index is 1.67. The lowest BCUT2D eigenvalue weighted by molar-refractivity contribution is -0.140. The lowest BCUT2D eigenvalue weighted by Crippen LogP contribution is -2.35. The van der Waals surface area contributed by atoms with Crippen LogP contribution >= 0.6 is 0 Å². The maximum atomic E-state index is 13.4. The average molecular weight is 579 g/mol. The molecule has 0 aliphatic heterocycles. The van der Waals surface area contributed by atoms with E-state index in [1.807, 2.05) is 54.6 Å². The van der Waals surface area contributed by atoms with Crippen LogP contribution in [0.1, 0.15) is 69.2 Å². The molecule has 3 aromatic carbocycles. The molecule has 8 heteroatoms. The summed E-state index contributed by atoms with van der Waals surface area (Å²) in [5, 5.41) is 0.